The first-order valence-corrected chi connectivity index (χ1v) is 6.00. The molecule has 1 saturated heterocycles. The summed E-state index contributed by atoms with van der Waals surface area (Å²) in [4.78, 5) is 13.3. The molecule has 1 aliphatic rings. The summed E-state index contributed by atoms with van der Waals surface area (Å²) in [6, 6.07) is 0.324. The Balaban J connectivity index is 1.93. The number of piperidine rings is 1. The minimum atomic E-state index is -0.655. The van der Waals surface area contributed by atoms with Crippen molar-refractivity contribution in [1.82, 2.24) is 14.7 Å². The van der Waals surface area contributed by atoms with Crippen LogP contribution in [0.15, 0.2) is 12.4 Å². The van der Waals surface area contributed by atoms with Crippen LogP contribution in [-0.2, 0) is 18.4 Å². The second-order valence-electron chi connectivity index (χ2n) is 4.90. The number of hydrogen-bond acceptors (Lipinski definition) is 3. The first-order chi connectivity index (χ1) is 8.06. The Morgan fingerprint density at radius 2 is 2.41 bits per heavy atom. The van der Waals surface area contributed by atoms with E-state index in [1.165, 1.54) is 5.56 Å². The average Bonchev–Trinajstić information content (AvgIpc) is 2.67. The average molecular weight is 237 g/mol. The minimum Gasteiger partial charge on any atom is -0.481 e. The Hall–Kier alpha value is -1.36. The molecule has 1 aromatic heterocycles. The molecule has 5 heteroatoms. The molecule has 0 amide bonds. The third kappa shape index (κ3) is 2.85. The van der Waals surface area contributed by atoms with E-state index in [-0.39, 0.29) is 5.92 Å². The molecule has 5 nitrogen and oxygen atoms in total. The molecule has 0 aliphatic carbocycles. The zero-order valence-corrected chi connectivity index (χ0v) is 10.3. The van der Waals surface area contributed by atoms with Gasteiger partial charge in [-0.2, -0.15) is 5.10 Å². The Kier molecular flexibility index (Phi) is 3.47. The summed E-state index contributed by atoms with van der Waals surface area (Å²) in [5.74, 6) is -0.826. The highest BCUT2D eigenvalue weighted by molar-refractivity contribution is 5.70. The number of aliphatic carboxylic acids is 1. The predicted octanol–water partition coefficient (Wildman–Crippen LogP) is 1.11. The quantitative estimate of drug-likeness (QED) is 0.855. The van der Waals surface area contributed by atoms with Crippen LogP contribution in [0.25, 0.3) is 0 Å². The van der Waals surface area contributed by atoms with Crippen LogP contribution in [0, 0.1) is 5.92 Å². The van der Waals surface area contributed by atoms with Crippen molar-refractivity contribution < 1.29 is 9.90 Å². The van der Waals surface area contributed by atoms with Gasteiger partial charge < -0.3 is 5.11 Å². The van der Waals surface area contributed by atoms with E-state index in [0.717, 1.165) is 25.9 Å². The van der Waals surface area contributed by atoms with Gasteiger partial charge >= 0.3 is 5.97 Å². The fraction of sp³-hybridized carbons (Fsp3) is 0.667. The van der Waals surface area contributed by atoms with Crippen LogP contribution >= 0.6 is 0 Å². The maximum absolute atomic E-state index is 10.9. The second-order valence-corrected chi connectivity index (χ2v) is 4.90. The van der Waals surface area contributed by atoms with Crippen molar-refractivity contribution in [3.63, 3.8) is 0 Å². The van der Waals surface area contributed by atoms with Crippen LogP contribution in [0.2, 0.25) is 0 Å². The third-order valence-electron chi connectivity index (χ3n) is 3.51. The number of aryl methyl sites for hydroxylation is 1. The topological polar surface area (TPSA) is 58.4 Å². The number of likely N-dealkylation sites (tertiary alicyclic amines) is 1. The van der Waals surface area contributed by atoms with Crippen LogP contribution in [0.4, 0.5) is 0 Å². The Labute approximate surface area is 101 Å². The van der Waals surface area contributed by atoms with E-state index in [0.29, 0.717) is 6.04 Å². The Bertz CT molecular complexity index is 402. The van der Waals surface area contributed by atoms with Gasteiger partial charge in [-0.05, 0) is 26.3 Å². The zero-order chi connectivity index (χ0) is 12.4. The summed E-state index contributed by atoms with van der Waals surface area (Å²) in [7, 11) is 1.91. The number of nitrogens with zero attached hydrogens (tertiary/aromatic N) is 3. The maximum atomic E-state index is 10.9. The van der Waals surface area contributed by atoms with Crippen molar-refractivity contribution in [2.75, 3.05) is 6.54 Å². The van der Waals surface area contributed by atoms with Crippen LogP contribution in [0.3, 0.4) is 0 Å². The van der Waals surface area contributed by atoms with E-state index in [1.807, 2.05) is 19.4 Å². The van der Waals surface area contributed by atoms with E-state index < -0.39 is 5.97 Å². The fourth-order valence-electron chi connectivity index (χ4n) is 2.47. The maximum Gasteiger partial charge on any atom is 0.306 e. The van der Waals surface area contributed by atoms with Crippen LogP contribution < -0.4 is 0 Å². The molecule has 0 bridgehead atoms. The molecule has 0 spiro atoms. The van der Waals surface area contributed by atoms with Gasteiger partial charge in [0.25, 0.3) is 0 Å². The smallest absolute Gasteiger partial charge is 0.306 e. The lowest BCUT2D eigenvalue weighted by atomic mass is 9.91. The molecule has 1 N–H and O–H groups in total. The van der Waals surface area contributed by atoms with Gasteiger partial charge in [-0.1, -0.05) is 0 Å². The number of aromatic nitrogens is 2. The van der Waals surface area contributed by atoms with Gasteiger partial charge in [0, 0.05) is 31.4 Å². The standard InChI is InChI=1S/C12H19N3O2/c1-9-5-11(12(16)17)3-4-15(9)8-10-6-13-14(2)7-10/h6-7,9,11H,3-5,8H2,1-2H3,(H,16,17). The first kappa shape index (κ1) is 12.1. The molecule has 0 saturated carbocycles. The minimum absolute atomic E-state index is 0.171. The second kappa shape index (κ2) is 4.87. The van der Waals surface area contributed by atoms with Crippen molar-refractivity contribution in [2.24, 2.45) is 13.0 Å². The molecule has 2 unspecified atom stereocenters. The van der Waals surface area contributed by atoms with Crippen molar-refractivity contribution in [3.05, 3.63) is 18.0 Å². The molecular formula is C12H19N3O2. The van der Waals surface area contributed by atoms with Gasteiger partial charge in [-0.3, -0.25) is 14.4 Å². The summed E-state index contributed by atoms with van der Waals surface area (Å²) in [5, 5.41) is 13.1. The Morgan fingerprint density at radius 3 is 2.94 bits per heavy atom. The van der Waals surface area contributed by atoms with E-state index in [4.69, 9.17) is 5.11 Å². The summed E-state index contributed by atoms with van der Waals surface area (Å²) >= 11 is 0. The van der Waals surface area contributed by atoms with E-state index in [1.54, 1.807) is 4.68 Å². The highest BCUT2D eigenvalue weighted by Gasteiger charge is 2.29. The van der Waals surface area contributed by atoms with Crippen molar-refractivity contribution >= 4 is 5.97 Å². The van der Waals surface area contributed by atoms with E-state index in [9.17, 15) is 4.79 Å². The van der Waals surface area contributed by atoms with Crippen molar-refractivity contribution in [1.29, 1.82) is 0 Å². The summed E-state index contributed by atoms with van der Waals surface area (Å²) in [6.07, 6.45) is 5.38. The van der Waals surface area contributed by atoms with Gasteiger partial charge in [0.2, 0.25) is 0 Å². The van der Waals surface area contributed by atoms with Gasteiger partial charge in [-0.25, -0.2) is 0 Å². The third-order valence-corrected chi connectivity index (χ3v) is 3.51. The number of carboxylic acid groups (broad SMARTS) is 1. The molecular weight excluding hydrogens is 218 g/mol. The van der Waals surface area contributed by atoms with E-state index >= 15 is 0 Å². The van der Waals surface area contributed by atoms with Gasteiger partial charge in [-0.15, -0.1) is 0 Å². The molecule has 17 heavy (non-hydrogen) atoms. The SMILES string of the molecule is CC1CC(C(=O)O)CCN1Cc1cnn(C)c1. The van der Waals surface area contributed by atoms with Crippen molar-refractivity contribution in [3.8, 4) is 0 Å². The number of rotatable bonds is 3. The van der Waals surface area contributed by atoms with Crippen LogP contribution in [-0.4, -0.2) is 38.3 Å². The number of carboxylic acids is 1. The summed E-state index contributed by atoms with van der Waals surface area (Å²) in [5.41, 5.74) is 1.19. The molecule has 1 aromatic rings. The molecule has 2 rings (SSSR count). The predicted molar refractivity (Wildman–Crippen MR) is 63.4 cm³/mol. The van der Waals surface area contributed by atoms with Crippen LogP contribution in [0.1, 0.15) is 25.3 Å². The van der Waals surface area contributed by atoms with E-state index in [2.05, 4.69) is 16.9 Å². The summed E-state index contributed by atoms with van der Waals surface area (Å²) < 4.78 is 1.80. The highest BCUT2D eigenvalue weighted by atomic mass is 16.4. The molecule has 0 aromatic carbocycles. The largest absolute Gasteiger partial charge is 0.481 e. The van der Waals surface area contributed by atoms with Crippen LogP contribution in [0.5, 0.6) is 0 Å². The molecule has 1 aliphatic heterocycles. The molecule has 1 fully saturated rings. The Morgan fingerprint density at radius 1 is 1.65 bits per heavy atom. The first-order valence-electron chi connectivity index (χ1n) is 6.00. The molecule has 0 radical (unpaired) electrons. The lowest BCUT2D eigenvalue weighted by Crippen LogP contribution is -2.42. The highest BCUT2D eigenvalue weighted by Crippen LogP contribution is 2.24. The molecule has 2 heterocycles. The summed E-state index contributed by atoms with van der Waals surface area (Å²) in [6.45, 7) is 3.82. The van der Waals surface area contributed by atoms with Gasteiger partial charge in [0.05, 0.1) is 12.1 Å². The van der Waals surface area contributed by atoms with Gasteiger partial charge in [0.15, 0.2) is 0 Å². The van der Waals surface area contributed by atoms with Gasteiger partial charge in [0.1, 0.15) is 0 Å². The lowest BCUT2D eigenvalue weighted by molar-refractivity contribution is -0.144. The number of carbonyl (C=O) groups is 1. The monoisotopic (exact) mass is 237 g/mol. The number of hydrogen-bond donors (Lipinski definition) is 1. The van der Waals surface area contributed by atoms with Crippen molar-refractivity contribution in [2.45, 2.75) is 32.4 Å². The fourth-order valence-corrected chi connectivity index (χ4v) is 2.47. The normalized spacial score (nSPS) is 26.0. The molecule has 2 atom stereocenters. The molecule has 94 valence electrons. The zero-order valence-electron chi connectivity index (χ0n) is 10.3. The lowest BCUT2D eigenvalue weighted by Gasteiger charge is -2.35.